The first-order valence-corrected chi connectivity index (χ1v) is 10.9. The van der Waals surface area contributed by atoms with Gasteiger partial charge in [0.2, 0.25) is 11.8 Å². The van der Waals surface area contributed by atoms with Crippen LogP contribution < -0.4 is 4.90 Å². The summed E-state index contributed by atoms with van der Waals surface area (Å²) >= 11 is 0. The van der Waals surface area contributed by atoms with E-state index < -0.39 is 23.2 Å². The first-order valence-electron chi connectivity index (χ1n) is 10.9. The Kier molecular flexibility index (Phi) is 3.79. The number of aromatic carboxylic acids is 1. The van der Waals surface area contributed by atoms with E-state index in [2.05, 4.69) is 31.2 Å². The van der Waals surface area contributed by atoms with Crippen LogP contribution in [0.5, 0.6) is 0 Å². The summed E-state index contributed by atoms with van der Waals surface area (Å²) in [6.07, 6.45) is 0.691. The Labute approximate surface area is 185 Å². The number of hydrogen-bond acceptors (Lipinski definition) is 3. The zero-order valence-corrected chi connectivity index (χ0v) is 17.5. The average Bonchev–Trinajstić information content (AvgIpc) is 3.10. The second-order valence-electron chi connectivity index (χ2n) is 8.85. The fraction of sp³-hybridized carbons (Fsp3) is 0.222. The highest BCUT2D eigenvalue weighted by Gasteiger charge is 2.67. The fourth-order valence-corrected chi connectivity index (χ4v) is 6.56. The Morgan fingerprint density at radius 3 is 2.12 bits per heavy atom. The Morgan fingerprint density at radius 2 is 1.53 bits per heavy atom. The molecule has 0 aromatic heterocycles. The number of carboxylic acid groups (broad SMARTS) is 1. The number of hydrogen-bond donors (Lipinski definition) is 1. The van der Waals surface area contributed by atoms with Crippen molar-refractivity contribution in [3.05, 3.63) is 101 Å². The topological polar surface area (TPSA) is 74.7 Å². The first-order chi connectivity index (χ1) is 15.5. The number of rotatable bonds is 3. The zero-order valence-electron chi connectivity index (χ0n) is 17.5. The van der Waals surface area contributed by atoms with Crippen LogP contribution in [0.3, 0.4) is 0 Å². The predicted molar refractivity (Wildman–Crippen MR) is 119 cm³/mol. The maximum absolute atomic E-state index is 14.0. The van der Waals surface area contributed by atoms with Crippen molar-refractivity contribution >= 4 is 23.5 Å². The van der Waals surface area contributed by atoms with E-state index in [1.165, 1.54) is 17.0 Å². The molecule has 2 atom stereocenters. The molecule has 0 unspecified atom stereocenters. The van der Waals surface area contributed by atoms with Crippen LogP contribution in [0.4, 0.5) is 5.69 Å². The van der Waals surface area contributed by atoms with E-state index in [-0.39, 0.29) is 23.3 Å². The molecule has 3 aromatic rings. The standard InChI is InChI=1S/C27H21NO4/c1-2-27-19-12-5-3-10-17(19)21(18-11-4-6-13-20(18)27)22-23(27)25(30)28(24(22)29)16-9-7-8-15(14-16)26(31)32/h3-14,21-23H,2H2,1H3,(H,31,32)/t21?,22-,23+,27?/m1/s1. The fourth-order valence-electron chi connectivity index (χ4n) is 6.56. The molecule has 1 N–H and O–H groups in total. The lowest BCUT2D eigenvalue weighted by Gasteiger charge is -2.54. The molecular weight excluding hydrogens is 402 g/mol. The number of carboxylic acids is 1. The molecule has 2 bridgehead atoms. The second-order valence-corrected chi connectivity index (χ2v) is 8.85. The van der Waals surface area contributed by atoms with Gasteiger partial charge in [-0.1, -0.05) is 61.5 Å². The van der Waals surface area contributed by atoms with Crippen LogP contribution in [0, 0.1) is 11.8 Å². The van der Waals surface area contributed by atoms with Gasteiger partial charge in [-0.25, -0.2) is 9.69 Å². The normalized spacial score (nSPS) is 27.2. The highest BCUT2D eigenvalue weighted by Crippen LogP contribution is 2.65. The molecule has 158 valence electrons. The van der Waals surface area contributed by atoms with Gasteiger partial charge in [0.05, 0.1) is 23.1 Å². The third-order valence-electron chi connectivity index (χ3n) is 7.70. The molecule has 5 nitrogen and oxygen atoms in total. The lowest BCUT2D eigenvalue weighted by Crippen LogP contribution is -2.53. The van der Waals surface area contributed by atoms with Crippen molar-refractivity contribution in [2.45, 2.75) is 24.7 Å². The minimum Gasteiger partial charge on any atom is -0.478 e. The minimum absolute atomic E-state index is 0.0534. The third-order valence-corrected chi connectivity index (χ3v) is 7.70. The quantitative estimate of drug-likeness (QED) is 0.636. The number of amides is 2. The molecule has 5 heteroatoms. The zero-order chi connectivity index (χ0) is 22.2. The van der Waals surface area contributed by atoms with Crippen molar-refractivity contribution in [3.8, 4) is 0 Å². The van der Waals surface area contributed by atoms with Gasteiger partial charge in [0.1, 0.15) is 0 Å². The van der Waals surface area contributed by atoms with Gasteiger partial charge in [-0.15, -0.1) is 0 Å². The molecule has 0 spiro atoms. The van der Waals surface area contributed by atoms with Crippen molar-refractivity contribution in [1.29, 1.82) is 0 Å². The molecule has 3 aliphatic carbocycles. The van der Waals surface area contributed by atoms with Gasteiger partial charge in [-0.2, -0.15) is 0 Å². The van der Waals surface area contributed by atoms with E-state index in [0.717, 1.165) is 22.3 Å². The van der Waals surface area contributed by atoms with Crippen molar-refractivity contribution in [2.75, 3.05) is 4.90 Å². The lowest BCUT2D eigenvalue weighted by molar-refractivity contribution is -0.123. The van der Waals surface area contributed by atoms with Crippen LogP contribution in [0.2, 0.25) is 0 Å². The predicted octanol–water partition coefficient (Wildman–Crippen LogP) is 4.35. The van der Waals surface area contributed by atoms with E-state index in [1.807, 2.05) is 24.3 Å². The lowest BCUT2D eigenvalue weighted by atomic mass is 9.46. The summed E-state index contributed by atoms with van der Waals surface area (Å²) in [7, 11) is 0. The van der Waals surface area contributed by atoms with Gasteiger partial charge in [-0.05, 0) is 46.9 Å². The van der Waals surface area contributed by atoms with Gasteiger partial charge in [0, 0.05) is 11.3 Å². The number of benzene rings is 3. The summed E-state index contributed by atoms with van der Waals surface area (Å²) in [6, 6.07) is 22.5. The maximum atomic E-state index is 14.0. The van der Waals surface area contributed by atoms with E-state index in [9.17, 15) is 19.5 Å². The highest BCUT2D eigenvalue weighted by molar-refractivity contribution is 6.24. The SMILES string of the molecule is CCC12c3ccccc3C(c3ccccc31)[C@H]1C(=O)N(c3cccc(C(=O)O)c3)C(=O)[C@H]12. The Balaban J connectivity index is 1.61. The number of imide groups is 1. The molecule has 1 fully saturated rings. The van der Waals surface area contributed by atoms with E-state index >= 15 is 0 Å². The molecule has 2 amide bonds. The molecule has 4 aliphatic rings. The van der Waals surface area contributed by atoms with Crippen molar-refractivity contribution in [3.63, 3.8) is 0 Å². The summed E-state index contributed by atoms with van der Waals surface area (Å²) in [5, 5.41) is 9.41. The van der Waals surface area contributed by atoms with Gasteiger partial charge >= 0.3 is 5.97 Å². The van der Waals surface area contributed by atoms with Crippen LogP contribution in [0.15, 0.2) is 72.8 Å². The Bertz CT molecular complexity index is 1280. The van der Waals surface area contributed by atoms with E-state index in [4.69, 9.17) is 0 Å². The van der Waals surface area contributed by atoms with Gasteiger partial charge < -0.3 is 5.11 Å². The number of anilines is 1. The molecule has 1 aliphatic heterocycles. The minimum atomic E-state index is -1.09. The van der Waals surface area contributed by atoms with E-state index in [1.54, 1.807) is 12.1 Å². The Morgan fingerprint density at radius 1 is 0.906 bits per heavy atom. The number of carbonyl (C=O) groups is 3. The molecular formula is C27H21NO4. The van der Waals surface area contributed by atoms with Crippen LogP contribution in [0.1, 0.15) is 51.9 Å². The molecule has 32 heavy (non-hydrogen) atoms. The molecule has 1 heterocycles. The first kappa shape index (κ1) is 19.0. The summed E-state index contributed by atoms with van der Waals surface area (Å²) in [6.45, 7) is 2.09. The molecule has 0 radical (unpaired) electrons. The highest BCUT2D eigenvalue weighted by atomic mass is 16.4. The third kappa shape index (κ3) is 2.11. The van der Waals surface area contributed by atoms with Gasteiger partial charge in [-0.3, -0.25) is 9.59 Å². The summed E-state index contributed by atoms with van der Waals surface area (Å²) in [5.74, 6) is -2.77. The van der Waals surface area contributed by atoms with Crippen LogP contribution in [-0.2, 0) is 15.0 Å². The van der Waals surface area contributed by atoms with Crippen LogP contribution in [0.25, 0.3) is 0 Å². The van der Waals surface area contributed by atoms with E-state index in [0.29, 0.717) is 12.1 Å². The largest absolute Gasteiger partial charge is 0.478 e. The van der Waals surface area contributed by atoms with Crippen molar-refractivity contribution in [1.82, 2.24) is 0 Å². The smallest absolute Gasteiger partial charge is 0.335 e. The summed E-state index contributed by atoms with van der Waals surface area (Å²) in [5.41, 5.74) is 4.31. The monoisotopic (exact) mass is 423 g/mol. The van der Waals surface area contributed by atoms with Crippen LogP contribution in [-0.4, -0.2) is 22.9 Å². The number of nitrogens with zero attached hydrogens (tertiary/aromatic N) is 1. The summed E-state index contributed by atoms with van der Waals surface area (Å²) < 4.78 is 0. The van der Waals surface area contributed by atoms with Crippen molar-refractivity contribution in [2.24, 2.45) is 11.8 Å². The molecule has 7 rings (SSSR count). The average molecular weight is 423 g/mol. The Hall–Kier alpha value is -3.73. The molecule has 3 aromatic carbocycles. The second kappa shape index (κ2) is 6.39. The molecule has 0 saturated carbocycles. The number of carbonyl (C=O) groups excluding carboxylic acids is 2. The molecule has 1 saturated heterocycles. The summed E-state index contributed by atoms with van der Waals surface area (Å²) in [4.78, 5) is 40.6. The van der Waals surface area contributed by atoms with Gasteiger partial charge in [0.25, 0.3) is 0 Å². The van der Waals surface area contributed by atoms with Crippen molar-refractivity contribution < 1.29 is 19.5 Å². The van der Waals surface area contributed by atoms with Gasteiger partial charge in [0.15, 0.2) is 0 Å². The maximum Gasteiger partial charge on any atom is 0.335 e. The van der Waals surface area contributed by atoms with Crippen LogP contribution >= 0.6 is 0 Å².